The normalized spacial score (nSPS) is 11.3. The van der Waals surface area contributed by atoms with Crippen molar-refractivity contribution in [2.75, 3.05) is 0 Å². The van der Waals surface area contributed by atoms with Crippen molar-refractivity contribution < 1.29 is 22.7 Å². The largest absolute Gasteiger partial charge is 0.573 e. The monoisotopic (exact) mass is 294 g/mol. The summed E-state index contributed by atoms with van der Waals surface area (Å²) in [5.74, 6) is -0.734. The van der Waals surface area contributed by atoms with E-state index >= 15 is 0 Å². The molecule has 0 bridgehead atoms. The summed E-state index contributed by atoms with van der Waals surface area (Å²) in [6, 6.07) is 10.5. The van der Waals surface area contributed by atoms with Crippen LogP contribution in [0.5, 0.6) is 5.75 Å². The van der Waals surface area contributed by atoms with E-state index in [0.717, 1.165) is 23.3 Å². The van der Waals surface area contributed by atoms with Crippen LogP contribution in [-0.2, 0) is 0 Å². The van der Waals surface area contributed by atoms with Gasteiger partial charge in [-0.25, -0.2) is 0 Å². The van der Waals surface area contributed by atoms with E-state index in [9.17, 15) is 18.0 Å². The molecule has 0 heterocycles. The zero-order valence-electron chi connectivity index (χ0n) is 11.5. The van der Waals surface area contributed by atoms with E-state index in [-0.39, 0.29) is 11.3 Å². The van der Waals surface area contributed by atoms with Crippen LogP contribution in [0.15, 0.2) is 42.5 Å². The van der Waals surface area contributed by atoms with Crippen molar-refractivity contribution in [3.05, 3.63) is 64.7 Å². The van der Waals surface area contributed by atoms with Gasteiger partial charge < -0.3 is 4.74 Å². The van der Waals surface area contributed by atoms with Crippen LogP contribution in [0, 0.1) is 13.8 Å². The Bertz CT molecular complexity index is 675. The van der Waals surface area contributed by atoms with Crippen molar-refractivity contribution in [1.29, 1.82) is 0 Å². The van der Waals surface area contributed by atoms with E-state index in [1.807, 2.05) is 13.0 Å². The highest BCUT2D eigenvalue weighted by atomic mass is 19.4. The first-order valence-corrected chi connectivity index (χ1v) is 6.24. The van der Waals surface area contributed by atoms with Gasteiger partial charge in [0.15, 0.2) is 5.78 Å². The quantitative estimate of drug-likeness (QED) is 0.783. The van der Waals surface area contributed by atoms with E-state index in [1.54, 1.807) is 19.1 Å². The van der Waals surface area contributed by atoms with Gasteiger partial charge in [0, 0.05) is 11.1 Å². The maximum atomic E-state index is 12.4. The van der Waals surface area contributed by atoms with Crippen molar-refractivity contribution in [2.45, 2.75) is 20.2 Å². The number of benzene rings is 2. The predicted octanol–water partition coefficient (Wildman–Crippen LogP) is 4.43. The summed E-state index contributed by atoms with van der Waals surface area (Å²) in [6.07, 6.45) is -4.78. The highest BCUT2D eigenvalue weighted by molar-refractivity contribution is 6.10. The Hall–Kier alpha value is -2.30. The molecule has 110 valence electrons. The summed E-state index contributed by atoms with van der Waals surface area (Å²) >= 11 is 0. The van der Waals surface area contributed by atoms with E-state index < -0.39 is 12.1 Å². The van der Waals surface area contributed by atoms with E-state index in [1.165, 1.54) is 12.1 Å². The minimum absolute atomic E-state index is 0.158. The van der Waals surface area contributed by atoms with Crippen molar-refractivity contribution in [3.8, 4) is 5.75 Å². The second-order valence-corrected chi connectivity index (χ2v) is 4.72. The van der Waals surface area contributed by atoms with Crippen LogP contribution in [0.2, 0.25) is 0 Å². The van der Waals surface area contributed by atoms with Crippen molar-refractivity contribution in [1.82, 2.24) is 0 Å². The van der Waals surface area contributed by atoms with Crippen molar-refractivity contribution in [2.24, 2.45) is 0 Å². The molecule has 2 nitrogen and oxygen atoms in total. The summed E-state index contributed by atoms with van der Waals surface area (Å²) in [4.78, 5) is 12.4. The van der Waals surface area contributed by atoms with Crippen LogP contribution in [0.3, 0.4) is 0 Å². The highest BCUT2D eigenvalue weighted by Crippen LogP contribution is 2.25. The molecular formula is C16H13F3O2. The Kier molecular flexibility index (Phi) is 4.02. The third-order valence-corrected chi connectivity index (χ3v) is 2.97. The molecule has 2 aromatic carbocycles. The Labute approximate surface area is 120 Å². The Morgan fingerprint density at radius 1 is 1.05 bits per heavy atom. The molecule has 5 heteroatoms. The number of carbonyl (C=O) groups is 1. The van der Waals surface area contributed by atoms with Gasteiger partial charge in [0.25, 0.3) is 0 Å². The predicted molar refractivity (Wildman–Crippen MR) is 72.5 cm³/mol. The second-order valence-electron chi connectivity index (χ2n) is 4.72. The number of hydrogen-bond donors (Lipinski definition) is 0. The molecule has 0 fully saturated rings. The first-order valence-electron chi connectivity index (χ1n) is 6.24. The lowest BCUT2D eigenvalue weighted by atomic mass is 9.97. The molecule has 0 aliphatic heterocycles. The molecule has 0 spiro atoms. The van der Waals surface area contributed by atoms with E-state index in [4.69, 9.17) is 0 Å². The number of halogens is 3. The summed E-state index contributed by atoms with van der Waals surface area (Å²) in [5, 5.41) is 0. The van der Waals surface area contributed by atoms with Gasteiger partial charge in [-0.2, -0.15) is 0 Å². The van der Waals surface area contributed by atoms with E-state index in [2.05, 4.69) is 4.74 Å². The molecule has 2 aromatic rings. The minimum Gasteiger partial charge on any atom is -0.406 e. The van der Waals surface area contributed by atoms with Gasteiger partial charge >= 0.3 is 6.36 Å². The lowest BCUT2D eigenvalue weighted by molar-refractivity contribution is -0.274. The smallest absolute Gasteiger partial charge is 0.406 e. The fourth-order valence-electron chi connectivity index (χ4n) is 1.97. The SMILES string of the molecule is Cc1ccc(C)c(C(=O)c2cccc(OC(F)(F)F)c2)c1. The van der Waals surface area contributed by atoms with Gasteiger partial charge in [-0.15, -0.1) is 13.2 Å². The highest BCUT2D eigenvalue weighted by Gasteiger charge is 2.31. The number of ether oxygens (including phenoxy) is 1. The van der Waals surface area contributed by atoms with Crippen LogP contribution in [0.4, 0.5) is 13.2 Å². The van der Waals surface area contributed by atoms with Gasteiger partial charge in [0.05, 0.1) is 0 Å². The topological polar surface area (TPSA) is 26.3 Å². The van der Waals surface area contributed by atoms with Gasteiger partial charge in [-0.05, 0) is 37.6 Å². The van der Waals surface area contributed by atoms with Gasteiger partial charge in [0.2, 0.25) is 0 Å². The maximum absolute atomic E-state index is 12.4. The molecule has 2 rings (SSSR count). The third-order valence-electron chi connectivity index (χ3n) is 2.97. The minimum atomic E-state index is -4.78. The van der Waals surface area contributed by atoms with Crippen LogP contribution in [0.1, 0.15) is 27.0 Å². The molecule has 0 atom stereocenters. The molecule has 0 unspecified atom stereocenters. The number of carbonyl (C=O) groups excluding carboxylic acids is 1. The van der Waals surface area contributed by atoms with Crippen molar-refractivity contribution in [3.63, 3.8) is 0 Å². The number of aryl methyl sites for hydroxylation is 2. The second kappa shape index (κ2) is 5.60. The fourth-order valence-corrected chi connectivity index (χ4v) is 1.97. The molecule has 0 aliphatic rings. The average Bonchev–Trinajstić information content (AvgIpc) is 2.39. The van der Waals surface area contributed by atoms with Crippen LogP contribution in [0.25, 0.3) is 0 Å². The first-order chi connectivity index (χ1) is 9.76. The standard InChI is InChI=1S/C16H13F3O2/c1-10-6-7-11(2)14(8-10)15(20)12-4-3-5-13(9-12)21-16(17,18)19/h3-9H,1-2H3. The van der Waals surface area contributed by atoms with Crippen LogP contribution >= 0.6 is 0 Å². The third kappa shape index (κ3) is 3.84. The maximum Gasteiger partial charge on any atom is 0.573 e. The summed E-state index contributed by atoms with van der Waals surface area (Å²) in [5.41, 5.74) is 2.31. The molecule has 0 saturated heterocycles. The van der Waals surface area contributed by atoms with Crippen molar-refractivity contribution >= 4 is 5.78 Å². The average molecular weight is 294 g/mol. The van der Waals surface area contributed by atoms with Gasteiger partial charge in [0.1, 0.15) is 5.75 Å². The number of hydrogen-bond acceptors (Lipinski definition) is 2. The summed E-state index contributed by atoms with van der Waals surface area (Å²) in [6.45, 7) is 3.63. The lowest BCUT2D eigenvalue weighted by Gasteiger charge is -2.10. The molecule has 0 amide bonds. The first kappa shape index (κ1) is 15.1. The Morgan fingerprint density at radius 2 is 1.76 bits per heavy atom. The van der Waals surface area contributed by atoms with E-state index in [0.29, 0.717) is 5.56 Å². The Morgan fingerprint density at radius 3 is 2.43 bits per heavy atom. The molecule has 0 saturated carbocycles. The van der Waals surface area contributed by atoms with Gasteiger partial charge in [-0.3, -0.25) is 4.79 Å². The molecular weight excluding hydrogens is 281 g/mol. The molecule has 0 aromatic heterocycles. The summed E-state index contributed by atoms with van der Waals surface area (Å²) < 4.78 is 40.5. The number of ketones is 1. The lowest BCUT2D eigenvalue weighted by Crippen LogP contribution is -2.17. The molecule has 0 aliphatic carbocycles. The fraction of sp³-hybridized carbons (Fsp3) is 0.188. The molecule has 0 N–H and O–H groups in total. The number of alkyl halides is 3. The number of rotatable bonds is 3. The summed E-state index contributed by atoms with van der Waals surface area (Å²) in [7, 11) is 0. The zero-order valence-corrected chi connectivity index (χ0v) is 11.5. The van der Waals surface area contributed by atoms with Crippen LogP contribution < -0.4 is 4.74 Å². The molecule has 21 heavy (non-hydrogen) atoms. The Balaban J connectivity index is 2.35. The molecule has 0 radical (unpaired) electrons. The van der Waals surface area contributed by atoms with Gasteiger partial charge in [-0.1, -0.05) is 29.8 Å². The van der Waals surface area contributed by atoms with Crippen LogP contribution in [-0.4, -0.2) is 12.1 Å². The zero-order chi connectivity index (χ0) is 15.6.